The molecule has 3 aromatic heterocycles. The molecule has 0 atom stereocenters. The number of rotatable bonds is 5. The minimum absolute atomic E-state index is 0.876. The Kier molecular flexibility index (Phi) is 7.00. The Morgan fingerprint density at radius 3 is 1.79 bits per heavy atom. The highest BCUT2D eigenvalue weighted by Gasteiger charge is 2.19. The van der Waals surface area contributed by atoms with E-state index in [1.165, 1.54) is 73.4 Å². The first-order valence-electron chi connectivity index (χ1n) is 18.9. The summed E-state index contributed by atoms with van der Waals surface area (Å²) >= 11 is 3.80. The second kappa shape index (κ2) is 12.4. The van der Waals surface area contributed by atoms with Crippen LogP contribution >= 0.6 is 22.7 Å². The summed E-state index contributed by atoms with van der Waals surface area (Å²) in [5.41, 5.74) is 9.87. The molecule has 262 valence electrons. The zero-order chi connectivity index (χ0) is 36.7. The number of nitrogens with zero attached hydrogens (tertiary/aromatic N) is 1. The van der Waals surface area contributed by atoms with Crippen LogP contribution in [0.1, 0.15) is 0 Å². The molecule has 0 saturated heterocycles. The number of hydrogen-bond donors (Lipinski definition) is 0. The molecule has 0 aliphatic carbocycles. The number of thiophene rings is 2. The van der Waals surface area contributed by atoms with Crippen molar-refractivity contribution in [1.29, 1.82) is 0 Å². The average molecular weight is 750 g/mol. The number of furan rings is 1. The summed E-state index contributed by atoms with van der Waals surface area (Å²) in [4.78, 5) is 2.34. The van der Waals surface area contributed by atoms with Gasteiger partial charge in [0.05, 0.1) is 0 Å². The summed E-state index contributed by atoms with van der Waals surface area (Å²) in [6.45, 7) is 0. The van der Waals surface area contributed by atoms with E-state index in [1.807, 2.05) is 34.8 Å². The first kappa shape index (κ1) is 31.6. The van der Waals surface area contributed by atoms with Crippen molar-refractivity contribution in [3.05, 3.63) is 188 Å². The highest BCUT2D eigenvalue weighted by atomic mass is 32.1. The molecule has 0 bridgehead atoms. The fourth-order valence-electron chi connectivity index (χ4n) is 8.68. The van der Waals surface area contributed by atoms with E-state index < -0.39 is 0 Å². The lowest BCUT2D eigenvalue weighted by Crippen LogP contribution is -2.09. The van der Waals surface area contributed by atoms with Crippen LogP contribution in [0, 0.1) is 0 Å². The molecule has 0 spiro atoms. The summed E-state index contributed by atoms with van der Waals surface area (Å²) in [7, 11) is 0. The highest BCUT2D eigenvalue weighted by molar-refractivity contribution is 7.29. The first-order valence-corrected chi connectivity index (χ1v) is 20.5. The van der Waals surface area contributed by atoms with Gasteiger partial charge in [0.25, 0.3) is 0 Å². The van der Waals surface area contributed by atoms with E-state index in [-0.39, 0.29) is 0 Å². The van der Waals surface area contributed by atoms with E-state index in [4.69, 9.17) is 4.42 Å². The van der Waals surface area contributed by atoms with Crippen LogP contribution in [0.25, 0.3) is 95.3 Å². The summed E-state index contributed by atoms with van der Waals surface area (Å²) in [6, 6.07) is 68.3. The number of benzene rings is 9. The molecule has 0 amide bonds. The molecule has 56 heavy (non-hydrogen) atoms. The van der Waals surface area contributed by atoms with Gasteiger partial charge in [-0.05, 0) is 93.7 Å². The van der Waals surface area contributed by atoms with Crippen molar-refractivity contribution in [2.24, 2.45) is 0 Å². The maximum absolute atomic E-state index is 6.40. The third-order valence-electron chi connectivity index (χ3n) is 11.3. The molecule has 0 fully saturated rings. The van der Waals surface area contributed by atoms with E-state index in [0.29, 0.717) is 0 Å². The summed E-state index contributed by atoms with van der Waals surface area (Å²) in [5, 5.41) is 10.1. The molecule has 3 heterocycles. The third kappa shape index (κ3) is 4.86. The van der Waals surface area contributed by atoms with Crippen LogP contribution in [0.15, 0.2) is 192 Å². The first-order chi connectivity index (χ1) is 27.7. The van der Waals surface area contributed by atoms with Gasteiger partial charge in [-0.1, -0.05) is 121 Å². The minimum Gasteiger partial charge on any atom is -0.456 e. The monoisotopic (exact) mass is 749 g/mol. The largest absolute Gasteiger partial charge is 0.456 e. The predicted molar refractivity (Wildman–Crippen MR) is 243 cm³/mol. The van der Waals surface area contributed by atoms with Crippen LogP contribution in [-0.2, 0) is 0 Å². The van der Waals surface area contributed by atoms with Crippen molar-refractivity contribution in [1.82, 2.24) is 0 Å². The third-order valence-corrected chi connectivity index (χ3v) is 13.6. The van der Waals surface area contributed by atoms with Crippen molar-refractivity contribution in [2.75, 3.05) is 4.90 Å². The number of fused-ring (bicyclic) bond motifs is 11. The van der Waals surface area contributed by atoms with Gasteiger partial charge in [-0.3, -0.25) is 0 Å². The lowest BCUT2D eigenvalue weighted by atomic mass is 9.97. The number of para-hydroxylation sites is 1. The molecule has 0 radical (unpaired) electrons. The molecule has 9 aromatic carbocycles. The van der Waals surface area contributed by atoms with Crippen LogP contribution in [0.4, 0.5) is 17.1 Å². The lowest BCUT2D eigenvalue weighted by Gasteiger charge is -2.26. The number of hydrogen-bond acceptors (Lipinski definition) is 4. The standard InChI is InChI=1S/C52H31NOS2/c1-2-11-38-32(9-1)10-7-14-39(38)33-19-23-35(24-20-33)53(37-27-28-42-41-12-3-5-16-45(41)54-46(42)31-37)36-25-21-34(22-26-36)40-15-8-18-48-50(40)51-49(55-48)30-29-44-43-13-4-6-17-47(43)56-52(44)51/h1-31H. The van der Waals surface area contributed by atoms with Crippen molar-refractivity contribution >= 4 is 113 Å². The Bertz CT molecular complexity index is 3470. The van der Waals surface area contributed by atoms with Gasteiger partial charge in [0, 0.05) is 74.2 Å². The van der Waals surface area contributed by atoms with Gasteiger partial charge in [0.15, 0.2) is 0 Å². The van der Waals surface area contributed by atoms with Gasteiger partial charge in [-0.25, -0.2) is 0 Å². The molecule has 2 nitrogen and oxygen atoms in total. The highest BCUT2D eigenvalue weighted by Crippen LogP contribution is 2.48. The Hall–Kier alpha value is -6.72. The topological polar surface area (TPSA) is 16.4 Å². The van der Waals surface area contributed by atoms with Gasteiger partial charge >= 0.3 is 0 Å². The predicted octanol–water partition coefficient (Wildman–Crippen LogP) is 16.3. The van der Waals surface area contributed by atoms with E-state index in [2.05, 4.69) is 181 Å². The minimum atomic E-state index is 0.876. The van der Waals surface area contributed by atoms with Crippen LogP contribution < -0.4 is 4.90 Å². The van der Waals surface area contributed by atoms with Gasteiger partial charge in [-0.2, -0.15) is 0 Å². The Labute approximate surface area is 330 Å². The normalized spacial score (nSPS) is 11.9. The summed E-state index contributed by atoms with van der Waals surface area (Å²) in [5.74, 6) is 0. The molecular formula is C52H31NOS2. The van der Waals surface area contributed by atoms with Crippen LogP contribution in [0.3, 0.4) is 0 Å². The fourth-order valence-corrected chi connectivity index (χ4v) is 11.1. The number of anilines is 3. The van der Waals surface area contributed by atoms with E-state index in [1.54, 1.807) is 0 Å². The molecule has 0 unspecified atom stereocenters. The maximum atomic E-state index is 6.40. The smallest absolute Gasteiger partial charge is 0.137 e. The van der Waals surface area contributed by atoms with E-state index in [9.17, 15) is 0 Å². The zero-order valence-corrected chi connectivity index (χ0v) is 31.7. The Morgan fingerprint density at radius 2 is 0.946 bits per heavy atom. The molecule has 0 aliphatic heterocycles. The average Bonchev–Trinajstić information content (AvgIpc) is 3.95. The van der Waals surface area contributed by atoms with Crippen molar-refractivity contribution in [3.63, 3.8) is 0 Å². The quantitative estimate of drug-likeness (QED) is 0.174. The van der Waals surface area contributed by atoms with Gasteiger partial charge in [-0.15, -0.1) is 22.7 Å². The van der Waals surface area contributed by atoms with Crippen molar-refractivity contribution < 1.29 is 4.42 Å². The second-order valence-electron chi connectivity index (χ2n) is 14.4. The maximum Gasteiger partial charge on any atom is 0.137 e. The zero-order valence-electron chi connectivity index (χ0n) is 30.1. The molecule has 12 aromatic rings. The molecule has 0 saturated carbocycles. The Balaban J connectivity index is 1.00. The summed E-state index contributed by atoms with van der Waals surface area (Å²) in [6.07, 6.45) is 0. The van der Waals surface area contributed by atoms with E-state index >= 15 is 0 Å². The van der Waals surface area contributed by atoms with E-state index in [0.717, 1.165) is 39.0 Å². The molecule has 12 rings (SSSR count). The van der Waals surface area contributed by atoms with Crippen LogP contribution in [0.2, 0.25) is 0 Å². The SMILES string of the molecule is c1ccc2c(-c3ccc(N(c4ccc(-c5cccc6sc7ccc8c9ccccc9sc8c7c56)cc4)c4ccc5c(c4)oc4ccccc45)cc3)cccc2c1. The second-order valence-corrected chi connectivity index (χ2v) is 16.6. The molecule has 0 aliphatic rings. The van der Waals surface area contributed by atoms with Gasteiger partial charge in [0.1, 0.15) is 11.2 Å². The van der Waals surface area contributed by atoms with Crippen molar-refractivity contribution in [3.8, 4) is 22.3 Å². The molecule has 4 heteroatoms. The van der Waals surface area contributed by atoms with Gasteiger partial charge < -0.3 is 9.32 Å². The van der Waals surface area contributed by atoms with Crippen molar-refractivity contribution in [2.45, 2.75) is 0 Å². The molecule has 0 N–H and O–H groups in total. The summed E-state index contributed by atoms with van der Waals surface area (Å²) < 4.78 is 11.8. The van der Waals surface area contributed by atoms with Crippen LogP contribution in [-0.4, -0.2) is 0 Å². The van der Waals surface area contributed by atoms with Gasteiger partial charge in [0.2, 0.25) is 0 Å². The van der Waals surface area contributed by atoms with Crippen LogP contribution in [0.5, 0.6) is 0 Å². The fraction of sp³-hybridized carbons (Fsp3) is 0. The Morgan fingerprint density at radius 1 is 0.357 bits per heavy atom. The molecular weight excluding hydrogens is 719 g/mol. The lowest BCUT2D eigenvalue weighted by molar-refractivity contribution is 0.669.